The van der Waals surface area contributed by atoms with Gasteiger partial charge in [-0.3, -0.25) is 4.57 Å². The smallest absolute Gasteiger partial charge is 0.137 e. The van der Waals surface area contributed by atoms with Crippen molar-refractivity contribution in [2.45, 2.75) is 79.6 Å². The van der Waals surface area contributed by atoms with Gasteiger partial charge in [-0.25, -0.2) is 4.98 Å². The Kier molecular flexibility index (Phi) is 9.82. The van der Waals surface area contributed by atoms with Crippen LogP contribution in [0.3, 0.4) is 0 Å². The average molecular weight is 789 g/mol. The SMILES string of the molecule is Cc1cc(-n2c3ccccc3c3ccc(Oc4cccc(N5CN(c6cc(C(C)(C)C)cc(C(C)(C)C)c6)c6ccccc65)c4)cc32)ncc1-c1cccc(CC(C)C)c1. The van der Waals surface area contributed by atoms with Crippen molar-refractivity contribution in [1.29, 1.82) is 0 Å². The Morgan fingerprint density at radius 2 is 1.25 bits per heavy atom. The Morgan fingerprint density at radius 3 is 1.95 bits per heavy atom. The van der Waals surface area contributed by atoms with Crippen LogP contribution in [0.25, 0.3) is 38.8 Å². The van der Waals surface area contributed by atoms with Gasteiger partial charge in [0.05, 0.1) is 22.4 Å². The van der Waals surface area contributed by atoms with Gasteiger partial charge in [-0.2, -0.15) is 0 Å². The summed E-state index contributed by atoms with van der Waals surface area (Å²) in [5.41, 5.74) is 14.5. The van der Waals surface area contributed by atoms with E-state index in [2.05, 4.69) is 210 Å². The van der Waals surface area contributed by atoms with E-state index < -0.39 is 0 Å². The predicted molar refractivity (Wildman–Crippen MR) is 253 cm³/mol. The number of benzene rings is 6. The number of pyridine rings is 1. The third kappa shape index (κ3) is 7.42. The molecule has 6 aromatic carbocycles. The van der Waals surface area contributed by atoms with E-state index in [9.17, 15) is 0 Å². The van der Waals surface area contributed by atoms with Crippen LogP contribution in [0, 0.1) is 12.8 Å². The summed E-state index contributed by atoms with van der Waals surface area (Å²) in [7, 11) is 0. The van der Waals surface area contributed by atoms with Gasteiger partial charge in [0, 0.05) is 46.0 Å². The quantitative estimate of drug-likeness (QED) is 0.154. The summed E-state index contributed by atoms with van der Waals surface area (Å²) in [6.07, 6.45) is 3.10. The number of fused-ring (bicyclic) bond motifs is 4. The molecule has 0 atom stereocenters. The number of para-hydroxylation sites is 3. The molecule has 0 saturated heterocycles. The normalized spacial score (nSPS) is 13.2. The van der Waals surface area contributed by atoms with Crippen molar-refractivity contribution >= 4 is 44.6 Å². The molecule has 0 spiro atoms. The van der Waals surface area contributed by atoms with Gasteiger partial charge in [0.2, 0.25) is 0 Å². The molecule has 1 aliphatic heterocycles. The molecule has 0 amide bonds. The number of rotatable bonds is 8. The molecule has 0 fully saturated rings. The second-order valence-corrected chi connectivity index (χ2v) is 19.0. The minimum absolute atomic E-state index is 0.0259. The van der Waals surface area contributed by atoms with Gasteiger partial charge in [0.25, 0.3) is 0 Å². The molecule has 0 bridgehead atoms. The van der Waals surface area contributed by atoms with Crippen LogP contribution >= 0.6 is 0 Å². The van der Waals surface area contributed by atoms with Crippen LogP contribution < -0.4 is 14.5 Å². The van der Waals surface area contributed by atoms with Crippen LogP contribution in [-0.2, 0) is 17.3 Å². The van der Waals surface area contributed by atoms with Gasteiger partial charge in [0.15, 0.2) is 0 Å². The maximum atomic E-state index is 6.74. The van der Waals surface area contributed by atoms with Crippen LogP contribution in [-0.4, -0.2) is 16.2 Å². The number of hydrogen-bond donors (Lipinski definition) is 0. The van der Waals surface area contributed by atoms with Crippen molar-refractivity contribution in [1.82, 2.24) is 9.55 Å². The van der Waals surface area contributed by atoms with Crippen molar-refractivity contribution in [3.63, 3.8) is 0 Å². The van der Waals surface area contributed by atoms with E-state index in [1.54, 1.807) is 0 Å². The Bertz CT molecular complexity index is 2850. The largest absolute Gasteiger partial charge is 0.457 e. The van der Waals surface area contributed by atoms with Crippen LogP contribution in [0.1, 0.15) is 77.6 Å². The van der Waals surface area contributed by atoms with Crippen molar-refractivity contribution in [3.8, 4) is 28.4 Å². The van der Waals surface area contributed by atoms with Gasteiger partial charge >= 0.3 is 0 Å². The van der Waals surface area contributed by atoms with Gasteiger partial charge in [-0.15, -0.1) is 0 Å². The first kappa shape index (κ1) is 39.1. The molecular weight excluding hydrogens is 733 g/mol. The first-order chi connectivity index (χ1) is 28.7. The third-order valence-electron chi connectivity index (χ3n) is 11.9. The van der Waals surface area contributed by atoms with E-state index in [1.807, 2.05) is 12.3 Å². The fraction of sp³-hybridized carbons (Fsp3) is 0.255. The molecule has 1 aliphatic rings. The van der Waals surface area contributed by atoms with E-state index in [0.29, 0.717) is 12.6 Å². The molecule has 302 valence electrons. The Balaban J connectivity index is 1.05. The molecule has 0 aliphatic carbocycles. The number of aromatic nitrogens is 2. The van der Waals surface area contributed by atoms with Crippen LogP contribution in [0.2, 0.25) is 0 Å². The number of nitrogens with zero attached hydrogens (tertiary/aromatic N) is 4. The maximum absolute atomic E-state index is 6.74. The minimum Gasteiger partial charge on any atom is -0.457 e. The molecule has 3 heterocycles. The summed E-state index contributed by atoms with van der Waals surface area (Å²) in [5, 5.41) is 2.35. The molecule has 5 nitrogen and oxygen atoms in total. The highest BCUT2D eigenvalue weighted by molar-refractivity contribution is 6.09. The third-order valence-corrected chi connectivity index (χ3v) is 11.9. The molecule has 0 unspecified atom stereocenters. The number of aryl methyl sites for hydroxylation is 1. The van der Waals surface area contributed by atoms with Gasteiger partial charge in [-0.1, -0.05) is 122 Å². The molecule has 8 aromatic rings. The Hall–Kier alpha value is -6.33. The molecule has 0 saturated carbocycles. The molecule has 2 aromatic heterocycles. The van der Waals surface area contributed by atoms with Gasteiger partial charge in [0.1, 0.15) is 24.0 Å². The zero-order valence-electron chi connectivity index (χ0n) is 36.5. The summed E-state index contributed by atoms with van der Waals surface area (Å²) in [6.45, 7) is 21.2. The van der Waals surface area contributed by atoms with Crippen LogP contribution in [0.15, 0.2) is 146 Å². The van der Waals surface area contributed by atoms with Crippen molar-refractivity contribution in [2.24, 2.45) is 5.92 Å². The summed E-state index contributed by atoms with van der Waals surface area (Å²) in [4.78, 5) is 9.95. The summed E-state index contributed by atoms with van der Waals surface area (Å²) >= 11 is 0. The number of hydrogen-bond acceptors (Lipinski definition) is 4. The van der Waals surface area contributed by atoms with E-state index >= 15 is 0 Å². The molecule has 0 N–H and O–H groups in total. The highest BCUT2D eigenvalue weighted by Gasteiger charge is 2.30. The van der Waals surface area contributed by atoms with Crippen molar-refractivity contribution < 1.29 is 4.74 Å². The maximum Gasteiger partial charge on any atom is 0.137 e. The van der Waals surface area contributed by atoms with Crippen molar-refractivity contribution in [3.05, 3.63) is 168 Å². The second-order valence-electron chi connectivity index (χ2n) is 19.0. The molecule has 9 rings (SSSR count). The summed E-state index contributed by atoms with van der Waals surface area (Å²) in [5.74, 6) is 3.05. The molecular formula is C55H56N4O. The first-order valence-electron chi connectivity index (χ1n) is 21.4. The first-order valence-corrected chi connectivity index (χ1v) is 21.4. The van der Waals surface area contributed by atoms with Crippen molar-refractivity contribution in [2.75, 3.05) is 16.5 Å². The number of ether oxygens (including phenoxy) is 1. The lowest BCUT2D eigenvalue weighted by Crippen LogP contribution is -2.25. The highest BCUT2D eigenvalue weighted by atomic mass is 16.5. The Labute approximate surface area is 355 Å². The van der Waals surface area contributed by atoms with Gasteiger partial charge in [-0.05, 0) is 119 Å². The lowest BCUT2D eigenvalue weighted by atomic mass is 9.80. The van der Waals surface area contributed by atoms with Crippen LogP contribution in [0.5, 0.6) is 11.5 Å². The lowest BCUT2D eigenvalue weighted by molar-refractivity contribution is 0.483. The zero-order chi connectivity index (χ0) is 41.9. The highest BCUT2D eigenvalue weighted by Crippen LogP contribution is 2.46. The van der Waals surface area contributed by atoms with Gasteiger partial charge < -0.3 is 14.5 Å². The Morgan fingerprint density at radius 1 is 0.600 bits per heavy atom. The fourth-order valence-corrected chi connectivity index (χ4v) is 8.70. The monoisotopic (exact) mass is 788 g/mol. The zero-order valence-corrected chi connectivity index (χ0v) is 36.5. The van der Waals surface area contributed by atoms with Crippen LogP contribution in [0.4, 0.5) is 22.7 Å². The minimum atomic E-state index is 0.0259. The standard InChI is InChI=1S/C55H56N4O/c1-36(2)26-38-16-14-17-39(28-38)48-34-56-53(27-37(48)3)59-49-21-11-10-20-46(49)47-25-24-45(33-52(47)59)60-44-19-15-18-42(32-44)57-35-58(51-23-13-12-22-50(51)57)43-30-40(54(4,5)6)29-41(31-43)55(7,8)9/h10-25,27-34,36H,26,35H2,1-9H3. The average Bonchev–Trinajstić information content (AvgIpc) is 3.76. The fourth-order valence-electron chi connectivity index (χ4n) is 8.70. The molecule has 0 radical (unpaired) electrons. The van der Waals surface area contributed by atoms with E-state index in [0.717, 1.165) is 51.4 Å². The molecule has 60 heavy (non-hydrogen) atoms. The summed E-state index contributed by atoms with van der Waals surface area (Å²) < 4.78 is 9.02. The topological polar surface area (TPSA) is 33.5 Å². The lowest BCUT2D eigenvalue weighted by Gasteiger charge is -2.29. The predicted octanol–water partition coefficient (Wildman–Crippen LogP) is 15.0. The van der Waals surface area contributed by atoms with E-state index in [-0.39, 0.29) is 10.8 Å². The number of anilines is 4. The second kappa shape index (κ2) is 15.0. The summed E-state index contributed by atoms with van der Waals surface area (Å²) in [6, 6.07) is 50.5. The molecule has 5 heteroatoms. The van der Waals surface area contributed by atoms with E-state index in [4.69, 9.17) is 9.72 Å². The van der Waals surface area contributed by atoms with E-state index in [1.165, 1.54) is 50.3 Å².